The van der Waals surface area contributed by atoms with E-state index in [2.05, 4.69) is 34.3 Å². The lowest BCUT2D eigenvalue weighted by Crippen LogP contribution is -2.45. The van der Waals surface area contributed by atoms with Crippen LogP contribution in [0.5, 0.6) is 0 Å². The summed E-state index contributed by atoms with van der Waals surface area (Å²) in [7, 11) is 0. The average molecular weight is 181 g/mol. The highest BCUT2D eigenvalue weighted by atomic mass is 15.3. The van der Waals surface area contributed by atoms with Crippen molar-refractivity contribution in [3.05, 3.63) is 0 Å². The summed E-state index contributed by atoms with van der Waals surface area (Å²) < 4.78 is 0. The number of nitrogens with two attached hydrogens (primary N) is 1. The van der Waals surface area contributed by atoms with Crippen LogP contribution in [-0.2, 0) is 0 Å². The van der Waals surface area contributed by atoms with E-state index >= 15 is 0 Å². The maximum Gasteiger partial charge on any atom is 0.243 e. The van der Waals surface area contributed by atoms with Crippen LogP contribution in [0.4, 0.5) is 11.9 Å². The molecule has 1 fully saturated rings. The van der Waals surface area contributed by atoms with Crippen LogP contribution in [0.2, 0.25) is 0 Å². The van der Waals surface area contributed by atoms with E-state index in [1.54, 1.807) is 0 Å². The normalized spacial score (nSPS) is 25.2. The summed E-state index contributed by atoms with van der Waals surface area (Å²) in [6, 6.07) is 0.475. The molecule has 13 heavy (non-hydrogen) atoms. The van der Waals surface area contributed by atoms with Crippen molar-refractivity contribution in [2.75, 3.05) is 11.1 Å². The Balaban J connectivity index is 1.99. The SMILES string of the molecule is CC1(C)CCC1Nc1n[nH]c(N)n1. The zero-order chi connectivity index (χ0) is 9.47. The standard InChI is InChI=1S/C8H15N5/c1-8(2)4-3-5(8)10-7-11-6(9)12-13-7/h5H,3-4H2,1-2H3,(H4,9,10,11,12,13). The molecule has 5 heteroatoms. The number of nitrogen functional groups attached to an aromatic ring is 1. The highest BCUT2D eigenvalue weighted by molar-refractivity contribution is 5.32. The van der Waals surface area contributed by atoms with Gasteiger partial charge in [0.05, 0.1) is 0 Å². The monoisotopic (exact) mass is 181 g/mol. The van der Waals surface area contributed by atoms with Crippen LogP contribution in [0.3, 0.4) is 0 Å². The molecule has 1 saturated carbocycles. The first-order valence-corrected chi connectivity index (χ1v) is 4.52. The number of anilines is 2. The van der Waals surface area contributed by atoms with Crippen molar-refractivity contribution in [1.82, 2.24) is 15.2 Å². The molecule has 5 nitrogen and oxygen atoms in total. The highest BCUT2D eigenvalue weighted by Crippen LogP contribution is 2.41. The molecule has 1 aliphatic rings. The van der Waals surface area contributed by atoms with Crippen molar-refractivity contribution >= 4 is 11.9 Å². The van der Waals surface area contributed by atoms with Gasteiger partial charge in [-0.25, -0.2) is 5.10 Å². The maximum atomic E-state index is 5.41. The topological polar surface area (TPSA) is 79.6 Å². The van der Waals surface area contributed by atoms with Crippen molar-refractivity contribution in [3.63, 3.8) is 0 Å². The summed E-state index contributed by atoms with van der Waals surface area (Å²) in [6.07, 6.45) is 2.44. The van der Waals surface area contributed by atoms with E-state index in [9.17, 15) is 0 Å². The molecule has 1 heterocycles. The van der Waals surface area contributed by atoms with Crippen molar-refractivity contribution in [1.29, 1.82) is 0 Å². The number of rotatable bonds is 2. The molecule has 1 aromatic rings. The van der Waals surface area contributed by atoms with Gasteiger partial charge < -0.3 is 11.1 Å². The molecule has 0 radical (unpaired) electrons. The van der Waals surface area contributed by atoms with Gasteiger partial charge in [0.1, 0.15) is 0 Å². The molecule has 72 valence electrons. The zero-order valence-electron chi connectivity index (χ0n) is 7.96. The lowest BCUT2D eigenvalue weighted by atomic mass is 9.67. The molecule has 0 aromatic carbocycles. The van der Waals surface area contributed by atoms with E-state index in [0.29, 0.717) is 23.4 Å². The molecule has 1 aliphatic carbocycles. The number of nitrogens with zero attached hydrogens (tertiary/aromatic N) is 2. The van der Waals surface area contributed by atoms with Crippen molar-refractivity contribution in [3.8, 4) is 0 Å². The van der Waals surface area contributed by atoms with Gasteiger partial charge in [0, 0.05) is 6.04 Å². The minimum atomic E-state index is 0.357. The molecule has 1 aromatic heterocycles. The number of hydrogen-bond donors (Lipinski definition) is 3. The van der Waals surface area contributed by atoms with Crippen molar-refractivity contribution in [2.24, 2.45) is 5.41 Å². The van der Waals surface area contributed by atoms with Gasteiger partial charge in [0.2, 0.25) is 11.9 Å². The van der Waals surface area contributed by atoms with E-state index in [1.165, 1.54) is 12.8 Å². The van der Waals surface area contributed by atoms with E-state index in [0.717, 1.165) is 0 Å². The third-order valence-electron chi connectivity index (χ3n) is 2.83. The zero-order valence-corrected chi connectivity index (χ0v) is 7.96. The third-order valence-corrected chi connectivity index (χ3v) is 2.83. The number of aromatic amines is 1. The number of hydrogen-bond acceptors (Lipinski definition) is 4. The number of H-pyrrole nitrogens is 1. The van der Waals surface area contributed by atoms with Gasteiger partial charge in [-0.3, -0.25) is 0 Å². The Hall–Kier alpha value is -1.26. The van der Waals surface area contributed by atoms with E-state index in [-0.39, 0.29) is 0 Å². The highest BCUT2D eigenvalue weighted by Gasteiger charge is 2.38. The largest absolute Gasteiger partial charge is 0.368 e. The molecule has 4 N–H and O–H groups in total. The van der Waals surface area contributed by atoms with Gasteiger partial charge >= 0.3 is 0 Å². The van der Waals surface area contributed by atoms with Crippen LogP contribution in [0.1, 0.15) is 26.7 Å². The second-order valence-corrected chi connectivity index (χ2v) is 4.27. The fraction of sp³-hybridized carbons (Fsp3) is 0.750. The molecular formula is C8H15N5. The van der Waals surface area contributed by atoms with Crippen LogP contribution >= 0.6 is 0 Å². The Bertz CT molecular complexity index is 303. The average Bonchev–Trinajstić information content (AvgIpc) is 2.46. The van der Waals surface area contributed by atoms with Crippen LogP contribution in [0.15, 0.2) is 0 Å². The Morgan fingerprint density at radius 2 is 2.38 bits per heavy atom. The fourth-order valence-corrected chi connectivity index (χ4v) is 1.63. The summed E-state index contributed by atoms with van der Waals surface area (Å²) in [5.74, 6) is 0.968. The van der Waals surface area contributed by atoms with Gasteiger partial charge in [0.15, 0.2) is 0 Å². The lowest BCUT2D eigenvalue weighted by Gasteiger charge is -2.44. The summed E-state index contributed by atoms with van der Waals surface area (Å²) >= 11 is 0. The first-order chi connectivity index (χ1) is 6.08. The fourth-order valence-electron chi connectivity index (χ4n) is 1.63. The Morgan fingerprint density at radius 3 is 2.77 bits per heavy atom. The molecular weight excluding hydrogens is 166 g/mol. The summed E-state index contributed by atoms with van der Waals surface area (Å²) in [4.78, 5) is 4.00. The summed E-state index contributed by atoms with van der Waals surface area (Å²) in [5.41, 5.74) is 5.77. The summed E-state index contributed by atoms with van der Waals surface area (Å²) in [6.45, 7) is 4.48. The molecule has 1 unspecified atom stereocenters. The van der Waals surface area contributed by atoms with E-state index in [4.69, 9.17) is 5.73 Å². The second kappa shape index (κ2) is 2.61. The van der Waals surface area contributed by atoms with Gasteiger partial charge in [-0.2, -0.15) is 4.98 Å². The van der Waals surface area contributed by atoms with Gasteiger partial charge in [-0.05, 0) is 18.3 Å². The van der Waals surface area contributed by atoms with Crippen LogP contribution in [0, 0.1) is 5.41 Å². The lowest BCUT2D eigenvalue weighted by molar-refractivity contribution is 0.159. The first-order valence-electron chi connectivity index (χ1n) is 4.52. The second-order valence-electron chi connectivity index (χ2n) is 4.27. The molecule has 0 spiro atoms. The minimum Gasteiger partial charge on any atom is -0.368 e. The van der Waals surface area contributed by atoms with Gasteiger partial charge in [-0.1, -0.05) is 13.8 Å². The quantitative estimate of drug-likeness (QED) is 0.635. The molecule has 0 aliphatic heterocycles. The molecule has 0 saturated heterocycles. The van der Waals surface area contributed by atoms with Crippen LogP contribution in [0.25, 0.3) is 0 Å². The molecule has 0 amide bonds. The molecule has 0 bridgehead atoms. The number of nitrogens with one attached hydrogen (secondary N) is 2. The van der Waals surface area contributed by atoms with E-state index < -0.39 is 0 Å². The van der Waals surface area contributed by atoms with E-state index in [1.807, 2.05) is 0 Å². The molecule has 2 rings (SSSR count). The van der Waals surface area contributed by atoms with Crippen LogP contribution in [-0.4, -0.2) is 21.2 Å². The predicted octanol–water partition coefficient (Wildman–Crippen LogP) is 0.987. The Morgan fingerprint density at radius 1 is 1.62 bits per heavy atom. The predicted molar refractivity (Wildman–Crippen MR) is 51.2 cm³/mol. The van der Waals surface area contributed by atoms with Crippen molar-refractivity contribution in [2.45, 2.75) is 32.7 Å². The van der Waals surface area contributed by atoms with Gasteiger partial charge in [0.25, 0.3) is 0 Å². The molecule has 1 atom stereocenters. The number of aromatic nitrogens is 3. The first kappa shape index (κ1) is 8.34. The third kappa shape index (κ3) is 1.46. The van der Waals surface area contributed by atoms with Crippen molar-refractivity contribution < 1.29 is 0 Å². The van der Waals surface area contributed by atoms with Gasteiger partial charge in [-0.15, -0.1) is 5.10 Å². The minimum absolute atomic E-state index is 0.357. The maximum absolute atomic E-state index is 5.41. The smallest absolute Gasteiger partial charge is 0.243 e. The summed E-state index contributed by atoms with van der Waals surface area (Å²) in [5, 5.41) is 9.79. The Labute approximate surface area is 77.1 Å². The van der Waals surface area contributed by atoms with Crippen LogP contribution < -0.4 is 11.1 Å². The Kier molecular flexibility index (Phi) is 1.68.